The third-order valence-corrected chi connectivity index (χ3v) is 3.89. The van der Waals surface area contributed by atoms with Crippen molar-refractivity contribution in [2.45, 2.75) is 18.9 Å². The van der Waals surface area contributed by atoms with E-state index < -0.39 is 0 Å². The summed E-state index contributed by atoms with van der Waals surface area (Å²) in [5, 5.41) is 9.27. The summed E-state index contributed by atoms with van der Waals surface area (Å²) in [4.78, 5) is 14.2. The zero-order valence-electron chi connectivity index (χ0n) is 11.5. The smallest absolute Gasteiger partial charge is 0.231 e. The van der Waals surface area contributed by atoms with Crippen LogP contribution in [0.25, 0.3) is 0 Å². The number of Topliss-reactive ketones (excluding diaryl/α,β-unsaturated/α-hetero) is 1. The topological polar surface area (TPSA) is 59.0 Å². The molecule has 0 unspecified atom stereocenters. The second kappa shape index (κ2) is 5.42. The number of ether oxygens (including phenoxy) is 2. The molecule has 1 fully saturated rings. The van der Waals surface area contributed by atoms with Gasteiger partial charge in [-0.05, 0) is 44.0 Å². The van der Waals surface area contributed by atoms with E-state index in [1.165, 1.54) is 0 Å². The normalized spacial score (nSPS) is 23.8. The fraction of sp³-hybridized carbons (Fsp3) is 0.533. The lowest BCUT2D eigenvalue weighted by Gasteiger charge is -2.34. The van der Waals surface area contributed by atoms with Crippen LogP contribution in [0.2, 0.25) is 0 Å². The van der Waals surface area contributed by atoms with Gasteiger partial charge in [-0.25, -0.2) is 0 Å². The Labute approximate surface area is 118 Å². The lowest BCUT2D eigenvalue weighted by molar-refractivity contribution is 0.0286. The van der Waals surface area contributed by atoms with Crippen LogP contribution in [0.15, 0.2) is 18.2 Å². The highest BCUT2D eigenvalue weighted by molar-refractivity contribution is 5.98. The summed E-state index contributed by atoms with van der Waals surface area (Å²) in [5.41, 5.74) is 0.648. The van der Waals surface area contributed by atoms with Crippen molar-refractivity contribution in [1.82, 2.24) is 4.90 Å². The zero-order chi connectivity index (χ0) is 14.1. The molecule has 1 aromatic rings. The fourth-order valence-electron chi connectivity index (χ4n) is 2.76. The van der Waals surface area contributed by atoms with Crippen LogP contribution in [-0.4, -0.2) is 48.8 Å². The number of benzene rings is 1. The minimum atomic E-state index is -0.141. The van der Waals surface area contributed by atoms with Crippen LogP contribution < -0.4 is 9.47 Å². The average molecular weight is 277 g/mol. The van der Waals surface area contributed by atoms with E-state index >= 15 is 0 Å². The van der Waals surface area contributed by atoms with Gasteiger partial charge in [0.1, 0.15) is 0 Å². The number of likely N-dealkylation sites (N-methyl/N-ethyl adjacent to an activating group) is 1. The second-order valence-corrected chi connectivity index (χ2v) is 5.68. The highest BCUT2D eigenvalue weighted by atomic mass is 16.7. The maximum atomic E-state index is 12.2. The Morgan fingerprint density at radius 2 is 2.10 bits per heavy atom. The summed E-state index contributed by atoms with van der Waals surface area (Å²) < 4.78 is 10.5. The summed E-state index contributed by atoms with van der Waals surface area (Å²) in [6, 6.07) is 5.29. The Morgan fingerprint density at radius 3 is 2.85 bits per heavy atom. The third-order valence-electron chi connectivity index (χ3n) is 3.89. The van der Waals surface area contributed by atoms with Crippen LogP contribution in [-0.2, 0) is 0 Å². The molecule has 20 heavy (non-hydrogen) atoms. The van der Waals surface area contributed by atoms with E-state index in [-0.39, 0.29) is 18.7 Å². The van der Waals surface area contributed by atoms with Gasteiger partial charge >= 0.3 is 0 Å². The van der Waals surface area contributed by atoms with Gasteiger partial charge < -0.3 is 14.6 Å². The first kappa shape index (κ1) is 13.4. The first-order valence-corrected chi connectivity index (χ1v) is 6.91. The lowest BCUT2D eigenvalue weighted by Crippen LogP contribution is -2.38. The molecule has 108 valence electrons. The Morgan fingerprint density at radius 1 is 1.35 bits per heavy atom. The molecular weight excluding hydrogens is 258 g/mol. The molecule has 0 spiro atoms. The minimum absolute atomic E-state index is 0.0747. The number of hydrogen-bond donors (Lipinski definition) is 1. The standard InChI is InChI=1S/C15H19NO4/c1-16(7-10-4-12(17)5-10)8-13(18)11-2-3-14-15(6-11)20-9-19-14/h2-3,6,10,12,17H,4-5,7-9H2,1H3. The second-order valence-electron chi connectivity index (χ2n) is 5.68. The van der Waals surface area contributed by atoms with Crippen LogP contribution in [0.5, 0.6) is 11.5 Å². The van der Waals surface area contributed by atoms with Gasteiger partial charge in [0.05, 0.1) is 12.6 Å². The summed E-state index contributed by atoms with van der Waals surface area (Å²) in [6.45, 7) is 1.45. The maximum absolute atomic E-state index is 12.2. The van der Waals surface area contributed by atoms with Crippen LogP contribution in [0.4, 0.5) is 0 Å². The minimum Gasteiger partial charge on any atom is -0.454 e. The summed E-state index contributed by atoms with van der Waals surface area (Å²) >= 11 is 0. The molecule has 0 atom stereocenters. The van der Waals surface area contributed by atoms with Crippen molar-refractivity contribution in [3.05, 3.63) is 23.8 Å². The van der Waals surface area contributed by atoms with Crippen molar-refractivity contribution in [2.75, 3.05) is 26.9 Å². The molecule has 0 saturated heterocycles. The van der Waals surface area contributed by atoms with E-state index in [0.29, 0.717) is 29.5 Å². The molecule has 1 N–H and O–H groups in total. The molecule has 3 rings (SSSR count). The van der Waals surface area contributed by atoms with Crippen LogP contribution in [0, 0.1) is 5.92 Å². The van der Waals surface area contributed by atoms with Crippen molar-refractivity contribution in [3.8, 4) is 11.5 Å². The Bertz CT molecular complexity index is 511. The quantitative estimate of drug-likeness (QED) is 0.822. The molecule has 1 aromatic carbocycles. The van der Waals surface area contributed by atoms with Crippen LogP contribution in [0.1, 0.15) is 23.2 Å². The molecule has 0 radical (unpaired) electrons. The highest BCUT2D eigenvalue weighted by Gasteiger charge is 2.28. The van der Waals surface area contributed by atoms with E-state index in [1.807, 2.05) is 11.9 Å². The SMILES string of the molecule is CN(CC(=O)c1ccc2c(c1)OCO2)CC1CC(O)C1. The molecule has 0 aromatic heterocycles. The molecule has 2 aliphatic rings. The van der Waals surface area contributed by atoms with Gasteiger partial charge in [0.15, 0.2) is 17.3 Å². The molecule has 1 heterocycles. The van der Waals surface area contributed by atoms with E-state index in [1.54, 1.807) is 18.2 Å². The third kappa shape index (κ3) is 2.78. The summed E-state index contributed by atoms with van der Waals surface area (Å²) in [6.07, 6.45) is 1.56. The molecule has 5 nitrogen and oxygen atoms in total. The zero-order valence-corrected chi connectivity index (χ0v) is 11.5. The monoisotopic (exact) mass is 277 g/mol. The van der Waals surface area contributed by atoms with Crippen molar-refractivity contribution in [2.24, 2.45) is 5.92 Å². The number of carbonyl (C=O) groups is 1. The van der Waals surface area contributed by atoms with Crippen molar-refractivity contribution < 1.29 is 19.4 Å². The number of nitrogens with zero attached hydrogens (tertiary/aromatic N) is 1. The number of aliphatic hydroxyl groups is 1. The lowest BCUT2D eigenvalue weighted by atomic mass is 9.82. The van der Waals surface area contributed by atoms with Gasteiger partial charge in [-0.2, -0.15) is 0 Å². The largest absolute Gasteiger partial charge is 0.454 e. The summed E-state index contributed by atoms with van der Waals surface area (Å²) in [7, 11) is 1.94. The van der Waals surface area contributed by atoms with Crippen LogP contribution >= 0.6 is 0 Å². The number of hydrogen-bond acceptors (Lipinski definition) is 5. The molecule has 5 heteroatoms. The van der Waals surface area contributed by atoms with Crippen LogP contribution in [0.3, 0.4) is 0 Å². The van der Waals surface area contributed by atoms with Gasteiger partial charge in [0.2, 0.25) is 6.79 Å². The first-order chi connectivity index (χ1) is 9.61. The van der Waals surface area contributed by atoms with Crippen molar-refractivity contribution >= 4 is 5.78 Å². The molecule has 0 amide bonds. The number of aliphatic hydroxyl groups excluding tert-OH is 1. The number of rotatable bonds is 5. The Hall–Kier alpha value is -1.59. The van der Waals surface area contributed by atoms with Gasteiger partial charge in [-0.3, -0.25) is 9.69 Å². The van der Waals surface area contributed by atoms with Gasteiger partial charge in [0, 0.05) is 12.1 Å². The molecule has 1 saturated carbocycles. The predicted molar refractivity (Wildman–Crippen MR) is 73.1 cm³/mol. The fourth-order valence-corrected chi connectivity index (χ4v) is 2.76. The van der Waals surface area contributed by atoms with E-state index in [2.05, 4.69) is 0 Å². The van der Waals surface area contributed by atoms with Crippen molar-refractivity contribution in [3.63, 3.8) is 0 Å². The first-order valence-electron chi connectivity index (χ1n) is 6.91. The van der Waals surface area contributed by atoms with Crippen molar-refractivity contribution in [1.29, 1.82) is 0 Å². The van der Waals surface area contributed by atoms with E-state index in [4.69, 9.17) is 9.47 Å². The van der Waals surface area contributed by atoms with Gasteiger partial charge in [-0.15, -0.1) is 0 Å². The molecule has 1 aliphatic heterocycles. The van der Waals surface area contributed by atoms with Gasteiger partial charge in [0.25, 0.3) is 0 Å². The predicted octanol–water partition coefficient (Wildman–Crippen LogP) is 1.30. The Kier molecular flexibility index (Phi) is 3.63. The molecule has 0 bridgehead atoms. The van der Waals surface area contributed by atoms with E-state index in [9.17, 15) is 9.90 Å². The number of ketones is 1. The Balaban J connectivity index is 1.56. The summed E-state index contributed by atoms with van der Waals surface area (Å²) in [5.74, 6) is 1.92. The highest BCUT2D eigenvalue weighted by Crippen LogP contribution is 2.32. The number of fused-ring (bicyclic) bond motifs is 1. The van der Waals surface area contributed by atoms with E-state index in [0.717, 1.165) is 19.4 Å². The molecule has 1 aliphatic carbocycles. The maximum Gasteiger partial charge on any atom is 0.231 e. The van der Waals surface area contributed by atoms with Gasteiger partial charge in [-0.1, -0.05) is 0 Å². The number of carbonyl (C=O) groups excluding carboxylic acids is 1. The molecular formula is C15H19NO4. The average Bonchev–Trinajstić information content (AvgIpc) is 2.83.